The maximum absolute atomic E-state index is 11.9. The molecule has 5 heteroatoms. The van der Waals surface area contributed by atoms with Gasteiger partial charge in [0, 0.05) is 17.9 Å². The Morgan fingerprint density at radius 1 is 1.23 bits per heavy atom. The van der Waals surface area contributed by atoms with Crippen LogP contribution in [0.15, 0.2) is 30.5 Å². The highest BCUT2D eigenvalue weighted by atomic mass is 16.2. The van der Waals surface area contributed by atoms with Crippen LogP contribution < -0.4 is 10.6 Å². The van der Waals surface area contributed by atoms with E-state index in [1.54, 1.807) is 0 Å². The average molecular weight is 298 g/mol. The predicted octanol–water partition coefficient (Wildman–Crippen LogP) is 2.89. The smallest absolute Gasteiger partial charge is 0.319 e. The Balaban J connectivity index is 1.47. The van der Waals surface area contributed by atoms with E-state index in [1.807, 2.05) is 42.1 Å². The molecule has 22 heavy (non-hydrogen) atoms. The zero-order valence-corrected chi connectivity index (χ0v) is 12.9. The second-order valence-corrected chi connectivity index (χ2v) is 5.79. The number of hydrogen-bond donors (Lipinski definition) is 2. The summed E-state index contributed by atoms with van der Waals surface area (Å²) in [5, 5.41) is 10.1. The molecule has 0 radical (unpaired) electrons. The van der Waals surface area contributed by atoms with E-state index < -0.39 is 0 Å². The van der Waals surface area contributed by atoms with Crippen molar-refractivity contribution >= 4 is 11.7 Å². The van der Waals surface area contributed by atoms with Crippen LogP contribution in [0.4, 0.5) is 10.5 Å². The highest BCUT2D eigenvalue weighted by molar-refractivity contribution is 5.89. The fourth-order valence-corrected chi connectivity index (χ4v) is 2.84. The lowest BCUT2D eigenvalue weighted by molar-refractivity contribution is 0.251. The molecule has 0 saturated heterocycles. The normalized spacial score (nSPS) is 13.5. The van der Waals surface area contributed by atoms with Gasteiger partial charge >= 0.3 is 6.03 Å². The van der Waals surface area contributed by atoms with Gasteiger partial charge in [-0.05, 0) is 50.3 Å². The van der Waals surface area contributed by atoms with E-state index in [0.717, 1.165) is 25.1 Å². The van der Waals surface area contributed by atoms with E-state index in [0.29, 0.717) is 6.54 Å². The molecule has 0 aliphatic heterocycles. The maximum Gasteiger partial charge on any atom is 0.319 e. The molecule has 1 aromatic heterocycles. The van der Waals surface area contributed by atoms with Crippen LogP contribution in [0.5, 0.6) is 0 Å². The lowest BCUT2D eigenvalue weighted by Gasteiger charge is -2.14. The summed E-state index contributed by atoms with van der Waals surface area (Å²) in [4.78, 5) is 11.9. The van der Waals surface area contributed by atoms with Gasteiger partial charge in [0.2, 0.25) is 0 Å². The monoisotopic (exact) mass is 298 g/mol. The molecule has 0 saturated carbocycles. The van der Waals surface area contributed by atoms with Crippen molar-refractivity contribution in [3.63, 3.8) is 0 Å². The van der Waals surface area contributed by atoms with E-state index >= 15 is 0 Å². The summed E-state index contributed by atoms with van der Waals surface area (Å²) >= 11 is 0. The predicted molar refractivity (Wildman–Crippen MR) is 87.1 cm³/mol. The third-order valence-electron chi connectivity index (χ3n) is 4.06. The van der Waals surface area contributed by atoms with Crippen LogP contribution in [0, 0.1) is 6.92 Å². The topological polar surface area (TPSA) is 59.0 Å². The number of aromatic nitrogens is 2. The van der Waals surface area contributed by atoms with Gasteiger partial charge in [0.05, 0.1) is 12.7 Å². The summed E-state index contributed by atoms with van der Waals surface area (Å²) in [5.74, 6) is 0. The Hall–Kier alpha value is -2.30. The summed E-state index contributed by atoms with van der Waals surface area (Å²) in [6, 6.07) is 7.58. The van der Waals surface area contributed by atoms with Gasteiger partial charge in [0.1, 0.15) is 0 Å². The van der Waals surface area contributed by atoms with Crippen LogP contribution in [-0.2, 0) is 19.4 Å². The molecule has 1 aliphatic carbocycles. The SMILES string of the molecule is Cc1ccc(NC(=O)NCCn2ncc3c2CCCC3)cc1. The Kier molecular flexibility index (Phi) is 4.42. The quantitative estimate of drug-likeness (QED) is 0.912. The number of rotatable bonds is 4. The van der Waals surface area contributed by atoms with Gasteiger partial charge in [0.15, 0.2) is 0 Å². The zero-order valence-electron chi connectivity index (χ0n) is 12.9. The van der Waals surface area contributed by atoms with Crippen molar-refractivity contribution in [2.24, 2.45) is 0 Å². The molecule has 5 nitrogen and oxygen atoms in total. The summed E-state index contributed by atoms with van der Waals surface area (Å²) in [7, 11) is 0. The lowest BCUT2D eigenvalue weighted by Crippen LogP contribution is -2.32. The van der Waals surface area contributed by atoms with Crippen molar-refractivity contribution in [1.29, 1.82) is 0 Å². The molecule has 0 atom stereocenters. The highest BCUT2D eigenvalue weighted by Gasteiger charge is 2.14. The molecule has 2 aromatic rings. The molecule has 0 fully saturated rings. The number of nitrogens with zero attached hydrogens (tertiary/aromatic N) is 2. The number of anilines is 1. The zero-order chi connectivity index (χ0) is 15.4. The van der Waals surface area contributed by atoms with Crippen LogP contribution in [0.25, 0.3) is 0 Å². The van der Waals surface area contributed by atoms with E-state index in [-0.39, 0.29) is 6.03 Å². The first-order valence-electron chi connectivity index (χ1n) is 7.87. The fraction of sp³-hybridized carbons (Fsp3) is 0.412. The van der Waals surface area contributed by atoms with Crippen LogP contribution >= 0.6 is 0 Å². The number of aryl methyl sites for hydroxylation is 2. The Labute approximate surface area is 130 Å². The van der Waals surface area contributed by atoms with Crippen LogP contribution in [0.3, 0.4) is 0 Å². The van der Waals surface area contributed by atoms with E-state index in [4.69, 9.17) is 0 Å². The number of fused-ring (bicyclic) bond motifs is 1. The number of carbonyl (C=O) groups excluding carboxylic acids is 1. The number of carbonyl (C=O) groups is 1. The minimum absolute atomic E-state index is 0.176. The van der Waals surface area contributed by atoms with Crippen molar-refractivity contribution in [2.45, 2.75) is 39.2 Å². The molecule has 116 valence electrons. The fourth-order valence-electron chi connectivity index (χ4n) is 2.84. The number of amides is 2. The second-order valence-electron chi connectivity index (χ2n) is 5.79. The summed E-state index contributed by atoms with van der Waals surface area (Å²) in [6.45, 7) is 3.32. The largest absolute Gasteiger partial charge is 0.336 e. The first kappa shape index (κ1) is 14.6. The third-order valence-corrected chi connectivity index (χ3v) is 4.06. The molecule has 0 unspecified atom stereocenters. The van der Waals surface area contributed by atoms with E-state index in [2.05, 4.69) is 15.7 Å². The first-order chi connectivity index (χ1) is 10.7. The summed E-state index contributed by atoms with van der Waals surface area (Å²) < 4.78 is 2.03. The van der Waals surface area contributed by atoms with Gasteiger partial charge in [-0.15, -0.1) is 0 Å². The third kappa shape index (κ3) is 3.47. The molecule has 2 N–H and O–H groups in total. The molecular weight excluding hydrogens is 276 g/mol. The molecular formula is C17H22N4O. The van der Waals surface area contributed by atoms with Gasteiger partial charge in [-0.1, -0.05) is 17.7 Å². The van der Waals surface area contributed by atoms with Gasteiger partial charge in [-0.25, -0.2) is 4.79 Å². The molecule has 3 rings (SSSR count). The maximum atomic E-state index is 11.9. The van der Waals surface area contributed by atoms with E-state index in [9.17, 15) is 4.79 Å². The average Bonchev–Trinajstić information content (AvgIpc) is 2.93. The standard InChI is InChI=1S/C17H22N4O/c1-13-6-8-15(9-7-13)20-17(22)18-10-11-21-16-5-3-2-4-14(16)12-19-21/h6-9,12H,2-5,10-11H2,1H3,(H2,18,20,22). The molecule has 2 amide bonds. The Morgan fingerprint density at radius 3 is 2.82 bits per heavy atom. The minimum Gasteiger partial charge on any atom is -0.336 e. The van der Waals surface area contributed by atoms with Crippen LogP contribution in [0.2, 0.25) is 0 Å². The van der Waals surface area contributed by atoms with Gasteiger partial charge in [-0.2, -0.15) is 5.10 Å². The van der Waals surface area contributed by atoms with E-state index in [1.165, 1.54) is 29.7 Å². The number of nitrogens with one attached hydrogen (secondary N) is 2. The number of hydrogen-bond acceptors (Lipinski definition) is 2. The number of urea groups is 1. The first-order valence-corrected chi connectivity index (χ1v) is 7.87. The Bertz CT molecular complexity index is 645. The minimum atomic E-state index is -0.176. The molecule has 0 bridgehead atoms. The van der Waals surface area contributed by atoms with Gasteiger partial charge < -0.3 is 10.6 Å². The summed E-state index contributed by atoms with van der Waals surface area (Å²) in [5.41, 5.74) is 4.69. The molecule has 1 heterocycles. The van der Waals surface area contributed by atoms with Gasteiger partial charge in [-0.3, -0.25) is 4.68 Å². The summed E-state index contributed by atoms with van der Waals surface area (Å²) in [6.07, 6.45) is 6.71. The van der Waals surface area contributed by atoms with Crippen LogP contribution in [0.1, 0.15) is 29.7 Å². The van der Waals surface area contributed by atoms with Crippen molar-refractivity contribution in [1.82, 2.24) is 15.1 Å². The Morgan fingerprint density at radius 2 is 2.00 bits per heavy atom. The van der Waals surface area contributed by atoms with Crippen molar-refractivity contribution in [3.05, 3.63) is 47.3 Å². The van der Waals surface area contributed by atoms with Gasteiger partial charge in [0.25, 0.3) is 0 Å². The second kappa shape index (κ2) is 6.64. The molecule has 1 aromatic carbocycles. The van der Waals surface area contributed by atoms with Crippen molar-refractivity contribution < 1.29 is 4.79 Å². The molecule has 0 spiro atoms. The van der Waals surface area contributed by atoms with Crippen LogP contribution in [-0.4, -0.2) is 22.4 Å². The number of benzene rings is 1. The molecule has 1 aliphatic rings. The van der Waals surface area contributed by atoms with Crippen molar-refractivity contribution in [3.8, 4) is 0 Å². The highest BCUT2D eigenvalue weighted by Crippen LogP contribution is 2.20. The lowest BCUT2D eigenvalue weighted by atomic mass is 9.98. The van der Waals surface area contributed by atoms with Crippen molar-refractivity contribution in [2.75, 3.05) is 11.9 Å².